The standard InChI is InChI=1S/C27H36FN5O2/c1-4-22(31-26(34)16(2)29-3)27(35)32-12-11-24-25(32)21(15-33(24)18-7-5-6-8-18)20-14-30-23-13-17(28)9-10-19(20)23/h9-10,13-16,18,22,24-25,29-30H,4-8,11-12H2,1-3H3,(H,31,34). The first-order valence-electron chi connectivity index (χ1n) is 13.0. The van der Waals surface area contributed by atoms with E-state index >= 15 is 0 Å². The average molecular weight is 482 g/mol. The number of fused-ring (bicyclic) bond motifs is 2. The van der Waals surface area contributed by atoms with E-state index in [9.17, 15) is 14.0 Å². The first-order chi connectivity index (χ1) is 16.9. The molecule has 0 bridgehead atoms. The lowest BCUT2D eigenvalue weighted by atomic mass is 9.96. The van der Waals surface area contributed by atoms with Gasteiger partial charge in [0.1, 0.15) is 11.9 Å². The van der Waals surface area contributed by atoms with Crippen molar-refractivity contribution >= 4 is 28.3 Å². The fraction of sp³-hybridized carbons (Fsp3) is 0.556. The maximum Gasteiger partial charge on any atom is 0.245 e. The molecule has 4 unspecified atom stereocenters. The summed E-state index contributed by atoms with van der Waals surface area (Å²) in [7, 11) is 1.73. The zero-order chi connectivity index (χ0) is 24.7. The molecule has 2 fully saturated rings. The topological polar surface area (TPSA) is 80.5 Å². The number of likely N-dealkylation sites (N-methyl/N-ethyl adjacent to an activating group) is 1. The van der Waals surface area contributed by atoms with Gasteiger partial charge in [-0.15, -0.1) is 0 Å². The molecule has 1 aliphatic carbocycles. The first-order valence-corrected chi connectivity index (χ1v) is 13.0. The third-order valence-electron chi connectivity index (χ3n) is 8.19. The number of aromatic nitrogens is 1. The predicted molar refractivity (Wildman–Crippen MR) is 135 cm³/mol. The molecule has 1 aromatic carbocycles. The Bertz CT molecular complexity index is 1140. The molecule has 35 heavy (non-hydrogen) atoms. The van der Waals surface area contributed by atoms with Crippen LogP contribution in [0.1, 0.15) is 57.9 Å². The highest BCUT2D eigenvalue weighted by Crippen LogP contribution is 2.44. The molecule has 188 valence electrons. The van der Waals surface area contributed by atoms with E-state index in [0.29, 0.717) is 19.0 Å². The molecule has 3 heterocycles. The summed E-state index contributed by atoms with van der Waals surface area (Å²) < 4.78 is 13.9. The summed E-state index contributed by atoms with van der Waals surface area (Å²) in [5, 5.41) is 6.86. The number of carbonyl (C=O) groups is 2. The zero-order valence-electron chi connectivity index (χ0n) is 20.8. The second-order valence-electron chi connectivity index (χ2n) is 10.2. The van der Waals surface area contributed by atoms with Crippen LogP contribution in [0.5, 0.6) is 0 Å². The van der Waals surface area contributed by atoms with Gasteiger partial charge < -0.3 is 25.4 Å². The van der Waals surface area contributed by atoms with Gasteiger partial charge in [-0.25, -0.2) is 4.39 Å². The molecule has 2 aromatic rings. The Hall–Kier alpha value is -2.87. The van der Waals surface area contributed by atoms with Crippen molar-refractivity contribution in [1.82, 2.24) is 25.4 Å². The highest BCUT2D eigenvalue weighted by atomic mass is 19.1. The van der Waals surface area contributed by atoms with Crippen LogP contribution in [0.15, 0.2) is 30.6 Å². The SMILES string of the molecule is CCC(NC(=O)C(C)NC)C(=O)N1CCC2C1C(c1c[nH]c3cc(F)ccc13)=CN2C1CCCC1. The molecule has 1 saturated heterocycles. The lowest BCUT2D eigenvalue weighted by Crippen LogP contribution is -2.54. The minimum absolute atomic E-state index is 0.0262. The first kappa shape index (κ1) is 23.9. The Morgan fingerprint density at radius 3 is 2.71 bits per heavy atom. The molecule has 7 nitrogen and oxygen atoms in total. The van der Waals surface area contributed by atoms with E-state index in [4.69, 9.17) is 0 Å². The van der Waals surface area contributed by atoms with Gasteiger partial charge >= 0.3 is 0 Å². The van der Waals surface area contributed by atoms with Crippen LogP contribution in [0.3, 0.4) is 0 Å². The molecule has 0 spiro atoms. The van der Waals surface area contributed by atoms with Crippen molar-refractivity contribution in [2.45, 2.75) is 82.6 Å². The predicted octanol–water partition coefficient (Wildman–Crippen LogP) is 3.38. The van der Waals surface area contributed by atoms with Gasteiger partial charge in [0.25, 0.3) is 0 Å². The van der Waals surface area contributed by atoms with E-state index in [2.05, 4.69) is 26.7 Å². The highest BCUT2D eigenvalue weighted by Gasteiger charge is 2.49. The molecule has 3 N–H and O–H groups in total. The number of benzene rings is 1. The quantitative estimate of drug-likeness (QED) is 0.567. The Balaban J connectivity index is 1.48. The molecule has 2 amide bonds. The number of H-pyrrole nitrogens is 1. The minimum atomic E-state index is -0.559. The molecule has 1 saturated carbocycles. The van der Waals surface area contributed by atoms with Crippen molar-refractivity contribution < 1.29 is 14.0 Å². The van der Waals surface area contributed by atoms with Gasteiger partial charge in [-0.3, -0.25) is 9.59 Å². The van der Waals surface area contributed by atoms with E-state index in [1.165, 1.54) is 37.8 Å². The van der Waals surface area contributed by atoms with Gasteiger partial charge in [0, 0.05) is 47.0 Å². The van der Waals surface area contributed by atoms with E-state index in [1.807, 2.05) is 24.1 Å². The molecule has 8 heteroatoms. The lowest BCUT2D eigenvalue weighted by molar-refractivity contribution is -0.137. The number of amides is 2. The number of hydrogen-bond donors (Lipinski definition) is 3. The van der Waals surface area contributed by atoms with Gasteiger partial charge in [0.15, 0.2) is 0 Å². The monoisotopic (exact) mass is 481 g/mol. The third-order valence-corrected chi connectivity index (χ3v) is 8.19. The highest BCUT2D eigenvalue weighted by molar-refractivity contribution is 5.96. The summed E-state index contributed by atoms with van der Waals surface area (Å²) in [5.74, 6) is -0.467. The van der Waals surface area contributed by atoms with Crippen LogP contribution < -0.4 is 10.6 Å². The van der Waals surface area contributed by atoms with Crippen molar-refractivity contribution in [1.29, 1.82) is 0 Å². The van der Waals surface area contributed by atoms with Crippen molar-refractivity contribution in [3.8, 4) is 0 Å². The number of carbonyl (C=O) groups excluding carboxylic acids is 2. The smallest absolute Gasteiger partial charge is 0.245 e. The van der Waals surface area contributed by atoms with Gasteiger partial charge in [-0.05, 0) is 57.9 Å². The summed E-state index contributed by atoms with van der Waals surface area (Å²) >= 11 is 0. The number of halogens is 1. The summed E-state index contributed by atoms with van der Waals surface area (Å²) in [6.07, 6.45) is 10.5. The van der Waals surface area contributed by atoms with Gasteiger partial charge in [0.05, 0.1) is 18.1 Å². The summed E-state index contributed by atoms with van der Waals surface area (Å²) in [5.41, 5.74) is 2.89. The average Bonchev–Trinajstić information content (AvgIpc) is 3.65. The van der Waals surface area contributed by atoms with Gasteiger partial charge in [-0.1, -0.05) is 19.8 Å². The Morgan fingerprint density at radius 2 is 2.00 bits per heavy atom. The second-order valence-corrected chi connectivity index (χ2v) is 10.2. The number of nitrogens with zero attached hydrogens (tertiary/aromatic N) is 2. The largest absolute Gasteiger partial charge is 0.369 e. The van der Waals surface area contributed by atoms with Crippen molar-refractivity contribution in [2.24, 2.45) is 0 Å². The summed E-state index contributed by atoms with van der Waals surface area (Å²) in [6.45, 7) is 4.39. The Kier molecular flexibility index (Phi) is 6.57. The summed E-state index contributed by atoms with van der Waals surface area (Å²) in [6, 6.07) is 4.54. The van der Waals surface area contributed by atoms with Crippen LogP contribution in [-0.4, -0.2) is 70.4 Å². The molecule has 4 atom stereocenters. The lowest BCUT2D eigenvalue weighted by Gasteiger charge is -2.33. The van der Waals surface area contributed by atoms with Crippen LogP contribution in [-0.2, 0) is 9.59 Å². The molecule has 5 rings (SSSR count). The van der Waals surface area contributed by atoms with Gasteiger partial charge in [-0.2, -0.15) is 0 Å². The van der Waals surface area contributed by atoms with Crippen LogP contribution >= 0.6 is 0 Å². The van der Waals surface area contributed by atoms with E-state index in [0.717, 1.165) is 28.5 Å². The van der Waals surface area contributed by atoms with Crippen molar-refractivity contribution in [3.63, 3.8) is 0 Å². The number of likely N-dealkylation sites (tertiary alicyclic amines) is 1. The maximum atomic E-state index is 13.9. The van der Waals surface area contributed by atoms with E-state index < -0.39 is 6.04 Å². The van der Waals surface area contributed by atoms with Crippen LogP contribution in [0, 0.1) is 5.82 Å². The van der Waals surface area contributed by atoms with Gasteiger partial charge in [0.2, 0.25) is 11.8 Å². The number of aromatic amines is 1. The number of rotatable bonds is 7. The fourth-order valence-corrected chi connectivity index (χ4v) is 6.15. The van der Waals surface area contributed by atoms with Crippen molar-refractivity contribution in [2.75, 3.05) is 13.6 Å². The fourth-order valence-electron chi connectivity index (χ4n) is 6.15. The van der Waals surface area contributed by atoms with Crippen LogP contribution in [0.2, 0.25) is 0 Å². The Morgan fingerprint density at radius 1 is 1.23 bits per heavy atom. The van der Waals surface area contributed by atoms with Crippen LogP contribution in [0.4, 0.5) is 4.39 Å². The van der Waals surface area contributed by atoms with E-state index in [1.54, 1.807) is 14.0 Å². The molecule has 3 aliphatic rings. The van der Waals surface area contributed by atoms with Crippen molar-refractivity contribution in [3.05, 3.63) is 42.0 Å². The second kappa shape index (κ2) is 9.64. The maximum absolute atomic E-state index is 13.9. The molecule has 2 aliphatic heterocycles. The minimum Gasteiger partial charge on any atom is -0.369 e. The molecular formula is C27H36FN5O2. The molecule has 0 radical (unpaired) electrons. The number of hydrogen-bond acceptors (Lipinski definition) is 4. The molecule has 1 aromatic heterocycles. The molecular weight excluding hydrogens is 445 g/mol. The summed E-state index contributed by atoms with van der Waals surface area (Å²) in [4.78, 5) is 34.1. The van der Waals surface area contributed by atoms with Crippen LogP contribution in [0.25, 0.3) is 16.5 Å². The van der Waals surface area contributed by atoms with E-state index in [-0.39, 0.29) is 35.8 Å². The normalized spacial score (nSPS) is 24.1. The zero-order valence-corrected chi connectivity index (χ0v) is 20.8. The Labute approximate surface area is 206 Å². The third kappa shape index (κ3) is 4.22. The number of nitrogens with one attached hydrogen (secondary N) is 3.